The number of aromatic hydroxyl groups is 1. The lowest BCUT2D eigenvalue weighted by molar-refractivity contribution is 0.400. The molecule has 1 N–H and O–H groups in total. The molecule has 0 aliphatic carbocycles. The number of hydrogen-bond acceptors (Lipinski definition) is 2. The Kier molecular flexibility index (Phi) is 5.86. The second-order valence-electron chi connectivity index (χ2n) is 5.98. The maximum Gasteiger partial charge on any atom is 0.122 e. The summed E-state index contributed by atoms with van der Waals surface area (Å²) in [5.74, 6) is 1.33. The average Bonchev–Trinajstić information content (AvgIpc) is 2.38. The van der Waals surface area contributed by atoms with Crippen molar-refractivity contribution in [1.29, 1.82) is 0 Å². The molecule has 2 atom stereocenters. The summed E-state index contributed by atoms with van der Waals surface area (Å²) in [6.45, 7) is 9.65. The largest absolute Gasteiger partial charge is 0.507 e. The summed E-state index contributed by atoms with van der Waals surface area (Å²) in [6, 6.07) is 4.35. The van der Waals surface area contributed by atoms with Crippen molar-refractivity contribution < 1.29 is 5.11 Å². The first-order valence-corrected chi connectivity index (χ1v) is 7.41. The summed E-state index contributed by atoms with van der Waals surface area (Å²) in [5.41, 5.74) is 3.52. The minimum absolute atomic E-state index is 0.407. The number of rotatable bonds is 6. The Labute approximate surface area is 118 Å². The van der Waals surface area contributed by atoms with Crippen LogP contribution in [0, 0.1) is 0 Å². The van der Waals surface area contributed by atoms with Crippen molar-refractivity contribution in [3.63, 3.8) is 0 Å². The third-order valence-electron chi connectivity index (χ3n) is 4.01. The van der Waals surface area contributed by atoms with Crippen molar-refractivity contribution in [1.82, 2.24) is 4.90 Å². The lowest BCUT2D eigenvalue weighted by atomic mass is 9.88. The first kappa shape index (κ1) is 16.0. The molecule has 2 heteroatoms. The number of nitrogens with zero attached hydrogens (tertiary/aromatic N) is 1. The van der Waals surface area contributed by atoms with Gasteiger partial charge in [0.15, 0.2) is 0 Å². The van der Waals surface area contributed by atoms with Gasteiger partial charge in [0.2, 0.25) is 0 Å². The minimum Gasteiger partial charge on any atom is -0.507 e. The van der Waals surface area contributed by atoms with E-state index in [1.807, 2.05) is 0 Å². The van der Waals surface area contributed by atoms with Crippen LogP contribution in [0.4, 0.5) is 0 Å². The predicted octanol–water partition coefficient (Wildman–Crippen LogP) is 4.48. The smallest absolute Gasteiger partial charge is 0.122 e. The van der Waals surface area contributed by atoms with E-state index in [0.717, 1.165) is 30.5 Å². The Morgan fingerprint density at radius 3 is 1.74 bits per heavy atom. The molecule has 0 aliphatic heterocycles. The summed E-state index contributed by atoms with van der Waals surface area (Å²) in [7, 11) is 4.16. The number of phenolic OH excluding ortho intramolecular Hbond substituents is 1. The fourth-order valence-electron chi connectivity index (χ4n) is 2.39. The molecule has 0 aromatic heterocycles. The van der Waals surface area contributed by atoms with Crippen LogP contribution < -0.4 is 0 Å². The summed E-state index contributed by atoms with van der Waals surface area (Å²) < 4.78 is 0. The van der Waals surface area contributed by atoms with Gasteiger partial charge >= 0.3 is 0 Å². The standard InChI is InChI=1S/C17H29NO/c1-7-12(3)15-9-14(11-18(5)6)10-16(17(15)19)13(4)8-2/h9-10,12-13,19H,7-8,11H2,1-6H3/t12-,13-/m1/s1. The van der Waals surface area contributed by atoms with Gasteiger partial charge in [0.05, 0.1) is 0 Å². The molecule has 0 aliphatic rings. The van der Waals surface area contributed by atoms with Crippen LogP contribution in [0.25, 0.3) is 0 Å². The van der Waals surface area contributed by atoms with E-state index in [9.17, 15) is 5.11 Å². The van der Waals surface area contributed by atoms with Gasteiger partial charge in [-0.2, -0.15) is 0 Å². The summed E-state index contributed by atoms with van der Waals surface area (Å²) >= 11 is 0. The molecular formula is C17H29NO. The summed E-state index contributed by atoms with van der Waals surface area (Å²) in [6.07, 6.45) is 2.11. The molecule has 0 saturated carbocycles. The Bertz CT molecular complexity index is 381. The topological polar surface area (TPSA) is 23.5 Å². The van der Waals surface area contributed by atoms with Crippen molar-refractivity contribution in [2.75, 3.05) is 14.1 Å². The molecule has 0 radical (unpaired) electrons. The minimum atomic E-state index is 0.407. The number of hydrogen-bond donors (Lipinski definition) is 1. The third-order valence-corrected chi connectivity index (χ3v) is 4.01. The maximum absolute atomic E-state index is 10.5. The Morgan fingerprint density at radius 1 is 1.00 bits per heavy atom. The lowest BCUT2D eigenvalue weighted by Crippen LogP contribution is -2.12. The van der Waals surface area contributed by atoms with Crippen molar-refractivity contribution in [2.24, 2.45) is 0 Å². The predicted molar refractivity (Wildman–Crippen MR) is 82.9 cm³/mol. The van der Waals surface area contributed by atoms with Crippen molar-refractivity contribution in [3.8, 4) is 5.75 Å². The molecule has 0 saturated heterocycles. The maximum atomic E-state index is 10.5. The van der Waals surface area contributed by atoms with Gasteiger partial charge in [-0.05, 0) is 55.5 Å². The van der Waals surface area contributed by atoms with E-state index in [2.05, 4.69) is 58.8 Å². The van der Waals surface area contributed by atoms with E-state index < -0.39 is 0 Å². The van der Waals surface area contributed by atoms with E-state index in [1.54, 1.807) is 0 Å². The lowest BCUT2D eigenvalue weighted by Gasteiger charge is -2.21. The number of benzene rings is 1. The zero-order valence-electron chi connectivity index (χ0n) is 13.3. The van der Waals surface area contributed by atoms with Gasteiger partial charge in [0.25, 0.3) is 0 Å². The van der Waals surface area contributed by atoms with E-state index >= 15 is 0 Å². The fourth-order valence-corrected chi connectivity index (χ4v) is 2.39. The second-order valence-corrected chi connectivity index (χ2v) is 5.98. The van der Waals surface area contributed by atoms with Crippen LogP contribution >= 0.6 is 0 Å². The van der Waals surface area contributed by atoms with Crippen molar-refractivity contribution in [3.05, 3.63) is 28.8 Å². The Balaban J connectivity index is 3.29. The van der Waals surface area contributed by atoms with Gasteiger partial charge in [0, 0.05) is 6.54 Å². The molecule has 0 heterocycles. The fraction of sp³-hybridized carbons (Fsp3) is 0.647. The first-order chi connectivity index (χ1) is 8.90. The molecule has 2 nitrogen and oxygen atoms in total. The van der Waals surface area contributed by atoms with Crippen molar-refractivity contribution >= 4 is 0 Å². The van der Waals surface area contributed by atoms with Crippen LogP contribution in [0.3, 0.4) is 0 Å². The van der Waals surface area contributed by atoms with Gasteiger partial charge in [-0.3, -0.25) is 0 Å². The van der Waals surface area contributed by atoms with Crippen LogP contribution in [-0.4, -0.2) is 24.1 Å². The average molecular weight is 263 g/mol. The quantitative estimate of drug-likeness (QED) is 0.818. The first-order valence-electron chi connectivity index (χ1n) is 7.41. The van der Waals surface area contributed by atoms with E-state index in [-0.39, 0.29) is 0 Å². The number of phenols is 1. The summed E-state index contributed by atoms with van der Waals surface area (Å²) in [4.78, 5) is 2.17. The van der Waals surface area contributed by atoms with Crippen LogP contribution in [0.15, 0.2) is 12.1 Å². The molecule has 0 bridgehead atoms. The normalized spacial score (nSPS) is 14.7. The molecule has 1 aromatic carbocycles. The van der Waals surface area contributed by atoms with Gasteiger partial charge in [-0.25, -0.2) is 0 Å². The van der Waals surface area contributed by atoms with E-state index in [0.29, 0.717) is 17.6 Å². The van der Waals surface area contributed by atoms with Gasteiger partial charge < -0.3 is 10.0 Å². The van der Waals surface area contributed by atoms with Crippen LogP contribution in [-0.2, 0) is 6.54 Å². The van der Waals surface area contributed by atoms with Crippen LogP contribution in [0.2, 0.25) is 0 Å². The Hall–Kier alpha value is -1.02. The zero-order chi connectivity index (χ0) is 14.6. The molecule has 108 valence electrons. The van der Waals surface area contributed by atoms with E-state index in [4.69, 9.17) is 0 Å². The zero-order valence-corrected chi connectivity index (χ0v) is 13.3. The summed E-state index contributed by atoms with van der Waals surface area (Å²) in [5, 5.41) is 10.5. The molecule has 0 fully saturated rings. The van der Waals surface area contributed by atoms with Crippen LogP contribution in [0.5, 0.6) is 5.75 Å². The monoisotopic (exact) mass is 263 g/mol. The SMILES string of the molecule is CC[C@@H](C)c1cc(CN(C)C)cc([C@H](C)CC)c1O. The van der Waals surface area contributed by atoms with Crippen molar-refractivity contribution in [2.45, 2.75) is 58.9 Å². The molecule has 1 rings (SSSR count). The van der Waals surface area contributed by atoms with Gasteiger partial charge in [-0.15, -0.1) is 0 Å². The van der Waals surface area contributed by atoms with E-state index in [1.165, 1.54) is 5.56 Å². The highest BCUT2D eigenvalue weighted by Gasteiger charge is 2.17. The Morgan fingerprint density at radius 2 is 1.42 bits per heavy atom. The highest BCUT2D eigenvalue weighted by molar-refractivity contribution is 5.47. The molecule has 0 amide bonds. The highest BCUT2D eigenvalue weighted by Crippen LogP contribution is 2.37. The van der Waals surface area contributed by atoms with Gasteiger partial charge in [-0.1, -0.05) is 39.8 Å². The molecule has 0 spiro atoms. The molecule has 19 heavy (non-hydrogen) atoms. The second kappa shape index (κ2) is 6.95. The molecule has 0 unspecified atom stereocenters. The molecular weight excluding hydrogens is 234 g/mol. The van der Waals surface area contributed by atoms with Gasteiger partial charge in [0.1, 0.15) is 5.75 Å². The van der Waals surface area contributed by atoms with Crippen LogP contribution in [0.1, 0.15) is 69.1 Å². The third kappa shape index (κ3) is 3.97. The highest BCUT2D eigenvalue weighted by atomic mass is 16.3. The molecule has 1 aromatic rings.